The Morgan fingerprint density at radius 1 is 1.32 bits per heavy atom. The standard InChI is InChI=1S/C10H19N3.C8H9F/c1-3-9(2)8-10(11)13-6-4-12-5-7-13;1-6-3-4-8(9)7(2)5-6/h8,11-12H,3-7H2,1-2H3;3-5H,1-2H3/b9-8-,11-10?;. The average Bonchev–Trinajstić information content (AvgIpc) is 2.52. The molecule has 0 atom stereocenters. The van der Waals surface area contributed by atoms with E-state index in [0.717, 1.165) is 43.7 Å². The molecule has 0 bridgehead atoms. The van der Waals surface area contributed by atoms with E-state index >= 15 is 0 Å². The number of allylic oxidation sites excluding steroid dienone is 1. The maximum absolute atomic E-state index is 12.5. The molecular weight excluding hydrogens is 277 g/mol. The second-order valence-electron chi connectivity index (χ2n) is 5.72. The lowest BCUT2D eigenvalue weighted by Crippen LogP contribution is -2.45. The van der Waals surface area contributed by atoms with Crippen LogP contribution in [0.2, 0.25) is 0 Å². The normalized spacial score (nSPS) is 15.1. The quantitative estimate of drug-likeness (QED) is 0.646. The number of rotatable bonds is 2. The van der Waals surface area contributed by atoms with Crippen LogP contribution >= 0.6 is 0 Å². The van der Waals surface area contributed by atoms with E-state index in [9.17, 15) is 4.39 Å². The fourth-order valence-electron chi connectivity index (χ4n) is 2.13. The predicted molar refractivity (Wildman–Crippen MR) is 92.1 cm³/mol. The van der Waals surface area contributed by atoms with Gasteiger partial charge in [-0.05, 0) is 44.9 Å². The highest BCUT2D eigenvalue weighted by atomic mass is 19.1. The van der Waals surface area contributed by atoms with E-state index in [4.69, 9.17) is 5.41 Å². The number of nitrogens with one attached hydrogen (secondary N) is 2. The lowest BCUT2D eigenvalue weighted by atomic mass is 10.1. The van der Waals surface area contributed by atoms with Crippen LogP contribution in [0.4, 0.5) is 4.39 Å². The van der Waals surface area contributed by atoms with Crippen LogP contribution in [0.15, 0.2) is 29.8 Å². The van der Waals surface area contributed by atoms with Crippen molar-refractivity contribution in [3.8, 4) is 0 Å². The first-order valence-corrected chi connectivity index (χ1v) is 7.88. The van der Waals surface area contributed by atoms with E-state index in [0.29, 0.717) is 5.84 Å². The smallest absolute Gasteiger partial charge is 0.126 e. The summed E-state index contributed by atoms with van der Waals surface area (Å²) in [6.07, 6.45) is 3.01. The summed E-state index contributed by atoms with van der Waals surface area (Å²) < 4.78 is 12.5. The molecule has 122 valence electrons. The highest BCUT2D eigenvalue weighted by Crippen LogP contribution is 2.07. The summed E-state index contributed by atoms with van der Waals surface area (Å²) in [7, 11) is 0. The van der Waals surface area contributed by atoms with Gasteiger partial charge in [0, 0.05) is 26.2 Å². The molecule has 2 N–H and O–H groups in total. The van der Waals surface area contributed by atoms with Gasteiger partial charge in [-0.25, -0.2) is 4.39 Å². The fourth-order valence-corrected chi connectivity index (χ4v) is 2.13. The van der Waals surface area contributed by atoms with Gasteiger partial charge in [-0.3, -0.25) is 5.41 Å². The van der Waals surface area contributed by atoms with Gasteiger partial charge in [0.1, 0.15) is 11.7 Å². The van der Waals surface area contributed by atoms with Gasteiger partial charge in [0.15, 0.2) is 0 Å². The Morgan fingerprint density at radius 3 is 2.45 bits per heavy atom. The van der Waals surface area contributed by atoms with E-state index in [1.165, 1.54) is 11.6 Å². The maximum atomic E-state index is 12.5. The van der Waals surface area contributed by atoms with Gasteiger partial charge in [0.05, 0.1) is 0 Å². The molecule has 1 aliphatic rings. The first-order chi connectivity index (χ1) is 10.4. The molecule has 0 amide bonds. The van der Waals surface area contributed by atoms with E-state index in [1.54, 1.807) is 13.0 Å². The van der Waals surface area contributed by atoms with Gasteiger partial charge in [-0.1, -0.05) is 30.2 Å². The Labute approximate surface area is 133 Å². The number of benzene rings is 1. The van der Waals surface area contributed by atoms with Crippen molar-refractivity contribution in [3.05, 3.63) is 46.8 Å². The molecule has 22 heavy (non-hydrogen) atoms. The van der Waals surface area contributed by atoms with Gasteiger partial charge in [-0.2, -0.15) is 0 Å². The number of aryl methyl sites for hydroxylation is 2. The van der Waals surface area contributed by atoms with Crippen molar-refractivity contribution in [3.63, 3.8) is 0 Å². The van der Waals surface area contributed by atoms with Gasteiger partial charge in [0.25, 0.3) is 0 Å². The zero-order valence-electron chi connectivity index (χ0n) is 14.2. The van der Waals surface area contributed by atoms with Crippen LogP contribution < -0.4 is 5.32 Å². The average molecular weight is 305 g/mol. The zero-order chi connectivity index (χ0) is 16.5. The number of halogens is 1. The molecular formula is C18H28FN3. The van der Waals surface area contributed by atoms with Crippen molar-refractivity contribution >= 4 is 5.84 Å². The van der Waals surface area contributed by atoms with Crippen molar-refractivity contribution in [1.29, 1.82) is 5.41 Å². The van der Waals surface area contributed by atoms with Crippen LogP contribution in [0.25, 0.3) is 0 Å². The van der Waals surface area contributed by atoms with E-state index in [-0.39, 0.29) is 5.82 Å². The molecule has 0 unspecified atom stereocenters. The molecule has 1 fully saturated rings. The predicted octanol–water partition coefficient (Wildman–Crippen LogP) is 3.67. The maximum Gasteiger partial charge on any atom is 0.126 e. The van der Waals surface area contributed by atoms with Crippen LogP contribution in [-0.2, 0) is 0 Å². The van der Waals surface area contributed by atoms with Crippen molar-refractivity contribution < 1.29 is 4.39 Å². The summed E-state index contributed by atoms with van der Waals surface area (Å²) in [5, 5.41) is 11.1. The Bertz CT molecular complexity index is 517. The lowest BCUT2D eigenvalue weighted by molar-refractivity contribution is 0.357. The van der Waals surface area contributed by atoms with Crippen LogP contribution in [0, 0.1) is 25.1 Å². The molecule has 1 heterocycles. The minimum absolute atomic E-state index is 0.124. The van der Waals surface area contributed by atoms with Crippen molar-refractivity contribution in [2.45, 2.75) is 34.1 Å². The van der Waals surface area contributed by atoms with Crippen LogP contribution in [0.5, 0.6) is 0 Å². The monoisotopic (exact) mass is 305 g/mol. The van der Waals surface area contributed by atoms with Crippen molar-refractivity contribution in [2.75, 3.05) is 26.2 Å². The van der Waals surface area contributed by atoms with Gasteiger partial charge in [-0.15, -0.1) is 0 Å². The van der Waals surface area contributed by atoms with Crippen molar-refractivity contribution in [1.82, 2.24) is 10.2 Å². The number of hydrogen-bond acceptors (Lipinski definition) is 2. The molecule has 4 heteroatoms. The molecule has 0 radical (unpaired) electrons. The summed E-state index contributed by atoms with van der Waals surface area (Å²) in [4.78, 5) is 2.12. The minimum atomic E-state index is -0.124. The first kappa shape index (κ1) is 18.4. The second kappa shape index (κ2) is 9.36. The molecule has 2 rings (SSSR count). The van der Waals surface area contributed by atoms with E-state index in [1.807, 2.05) is 19.1 Å². The number of hydrogen-bond donors (Lipinski definition) is 2. The number of amidine groups is 1. The Kier molecular flexibility index (Phi) is 7.82. The highest BCUT2D eigenvalue weighted by Gasteiger charge is 2.10. The van der Waals surface area contributed by atoms with E-state index < -0.39 is 0 Å². The molecule has 1 aliphatic heterocycles. The Hall–Kier alpha value is -1.68. The topological polar surface area (TPSA) is 39.1 Å². The SMILES string of the molecule is CC/C(C)=C\C(=N)N1CCNCC1.Cc1ccc(F)c(C)c1. The molecule has 0 spiro atoms. The Morgan fingerprint density at radius 2 is 1.95 bits per heavy atom. The van der Waals surface area contributed by atoms with Gasteiger partial charge in [0.2, 0.25) is 0 Å². The summed E-state index contributed by atoms with van der Waals surface area (Å²) in [6.45, 7) is 11.9. The van der Waals surface area contributed by atoms with E-state index in [2.05, 4.69) is 24.1 Å². The lowest BCUT2D eigenvalue weighted by Gasteiger charge is -2.28. The van der Waals surface area contributed by atoms with Crippen molar-refractivity contribution in [2.24, 2.45) is 0 Å². The molecule has 0 aromatic heterocycles. The van der Waals surface area contributed by atoms with Gasteiger partial charge < -0.3 is 10.2 Å². The summed E-state index contributed by atoms with van der Waals surface area (Å²) in [5.74, 6) is 0.543. The van der Waals surface area contributed by atoms with Crippen LogP contribution in [-0.4, -0.2) is 36.9 Å². The third-order valence-electron chi connectivity index (χ3n) is 3.71. The molecule has 1 saturated heterocycles. The molecule has 1 aromatic rings. The largest absolute Gasteiger partial charge is 0.355 e. The zero-order valence-corrected chi connectivity index (χ0v) is 14.2. The molecule has 0 aliphatic carbocycles. The third kappa shape index (κ3) is 6.39. The van der Waals surface area contributed by atoms with Crippen LogP contribution in [0.1, 0.15) is 31.4 Å². The third-order valence-corrected chi connectivity index (χ3v) is 3.71. The summed E-state index contributed by atoms with van der Waals surface area (Å²) in [6, 6.07) is 5.09. The van der Waals surface area contributed by atoms with Gasteiger partial charge >= 0.3 is 0 Å². The summed E-state index contributed by atoms with van der Waals surface area (Å²) >= 11 is 0. The highest BCUT2D eigenvalue weighted by molar-refractivity contribution is 5.90. The fraction of sp³-hybridized carbons (Fsp3) is 0.500. The number of nitrogens with zero attached hydrogens (tertiary/aromatic N) is 1. The second-order valence-corrected chi connectivity index (χ2v) is 5.72. The number of piperazine rings is 1. The minimum Gasteiger partial charge on any atom is -0.355 e. The first-order valence-electron chi connectivity index (χ1n) is 7.88. The molecule has 0 saturated carbocycles. The summed E-state index contributed by atoms with van der Waals surface area (Å²) in [5.41, 5.74) is 3.10. The Balaban J connectivity index is 0.000000235. The van der Waals surface area contributed by atoms with Crippen LogP contribution in [0.3, 0.4) is 0 Å². The molecule has 3 nitrogen and oxygen atoms in total. The molecule has 1 aromatic carbocycles.